The Balaban J connectivity index is 2.45. The van der Waals surface area contributed by atoms with Crippen LogP contribution in [0.1, 0.15) is 38.9 Å². The van der Waals surface area contributed by atoms with Crippen LogP contribution in [0.5, 0.6) is 0 Å². The van der Waals surface area contributed by atoms with Gasteiger partial charge >= 0.3 is 0 Å². The van der Waals surface area contributed by atoms with Crippen LogP contribution in [-0.4, -0.2) is 6.71 Å². The zero-order valence-electron chi connectivity index (χ0n) is 18.5. The van der Waals surface area contributed by atoms with Gasteiger partial charge < -0.3 is 0 Å². The van der Waals surface area contributed by atoms with Crippen LogP contribution in [0.15, 0.2) is 36.4 Å². The maximum atomic E-state index is 2.35. The molecule has 0 aromatic heterocycles. The summed E-state index contributed by atoms with van der Waals surface area (Å²) < 4.78 is 0. The highest BCUT2D eigenvalue weighted by Gasteiger charge is 2.31. The smallest absolute Gasteiger partial charge is 0.0629 e. The van der Waals surface area contributed by atoms with Gasteiger partial charge in [0, 0.05) is 18.5 Å². The number of hydrogen-bond donors (Lipinski definition) is 0. The van der Waals surface area contributed by atoms with Crippen molar-refractivity contribution in [3.05, 3.63) is 75.3 Å². The quantitative estimate of drug-likeness (QED) is 0.464. The molecule has 28 heavy (non-hydrogen) atoms. The second-order valence-corrected chi connectivity index (χ2v) is 10.2. The maximum absolute atomic E-state index is 2.35. The molecule has 0 bridgehead atoms. The monoisotopic (exact) mass is 406 g/mol. The van der Waals surface area contributed by atoms with Crippen LogP contribution in [0.4, 0.5) is 0 Å². The molecule has 0 aliphatic heterocycles. The highest BCUT2D eigenvalue weighted by Crippen LogP contribution is 2.14. The molecule has 0 heterocycles. The fraction of sp³-hybridized carbons (Fsp3) is 0.280. The molecular formula is C25H33BP2+2. The topological polar surface area (TPSA) is 0 Å². The van der Waals surface area contributed by atoms with E-state index in [-0.39, 0.29) is 6.71 Å². The molecule has 0 N–H and O–H groups in total. The first kappa shape index (κ1) is 21.3. The van der Waals surface area contributed by atoms with Crippen LogP contribution < -0.4 is 27.0 Å². The molecule has 0 radical (unpaired) electrons. The third-order valence-electron chi connectivity index (χ3n) is 5.91. The molecule has 0 fully saturated rings. The third-order valence-corrected chi connectivity index (χ3v) is 6.73. The Morgan fingerprint density at radius 2 is 0.714 bits per heavy atom. The molecule has 3 heteroatoms. The lowest BCUT2D eigenvalue weighted by atomic mass is 9.33. The molecule has 3 rings (SSSR count). The second kappa shape index (κ2) is 8.14. The lowest BCUT2D eigenvalue weighted by molar-refractivity contribution is 1.35. The third kappa shape index (κ3) is 3.98. The molecule has 3 aromatic rings. The van der Waals surface area contributed by atoms with Crippen molar-refractivity contribution in [3.8, 4) is 0 Å². The lowest BCUT2D eigenvalue weighted by Gasteiger charge is -2.26. The van der Waals surface area contributed by atoms with E-state index < -0.39 is 0 Å². The molecule has 0 aliphatic rings. The van der Waals surface area contributed by atoms with Gasteiger partial charge in [-0.15, -0.1) is 0 Å². The van der Waals surface area contributed by atoms with Gasteiger partial charge in [0.15, 0.2) is 0 Å². The van der Waals surface area contributed by atoms with Gasteiger partial charge in [0.2, 0.25) is 6.71 Å². The van der Waals surface area contributed by atoms with Crippen molar-refractivity contribution in [2.75, 3.05) is 0 Å². The maximum Gasteiger partial charge on any atom is 0.243 e. The van der Waals surface area contributed by atoms with Crippen LogP contribution in [-0.2, 0) is 0 Å². The van der Waals surface area contributed by atoms with Crippen molar-refractivity contribution >= 4 is 52.2 Å². The summed E-state index contributed by atoms with van der Waals surface area (Å²) in [6.45, 7) is 16.2. The summed E-state index contributed by atoms with van der Waals surface area (Å²) in [6, 6.07) is 14.1. The van der Waals surface area contributed by atoms with E-state index in [2.05, 4.69) is 84.9 Å². The predicted molar refractivity (Wildman–Crippen MR) is 139 cm³/mol. The Kier molecular flexibility index (Phi) is 6.19. The van der Waals surface area contributed by atoms with Gasteiger partial charge in [-0.05, 0) is 72.7 Å². The van der Waals surface area contributed by atoms with Crippen LogP contribution in [0.2, 0.25) is 0 Å². The number of hydrogen-bond acceptors (Lipinski definition) is 0. The zero-order valence-corrected chi connectivity index (χ0v) is 21.3. The summed E-state index contributed by atoms with van der Waals surface area (Å²) in [5.74, 6) is 0. The van der Waals surface area contributed by atoms with Gasteiger partial charge in [-0.2, -0.15) is 0 Å². The largest absolute Gasteiger partial charge is 0.243 e. The van der Waals surface area contributed by atoms with Gasteiger partial charge in [-0.25, -0.2) is 0 Å². The Hall–Kier alpha value is -1.42. The summed E-state index contributed by atoms with van der Waals surface area (Å²) in [4.78, 5) is 0. The van der Waals surface area contributed by atoms with E-state index in [9.17, 15) is 0 Å². The van der Waals surface area contributed by atoms with Crippen molar-refractivity contribution in [2.24, 2.45) is 0 Å². The van der Waals surface area contributed by atoms with Crippen LogP contribution in [0.25, 0.3) is 0 Å². The molecule has 2 atom stereocenters. The van der Waals surface area contributed by atoms with Gasteiger partial charge in [0.05, 0.1) is 10.6 Å². The normalized spacial score (nSPS) is 11.2. The fourth-order valence-electron chi connectivity index (χ4n) is 5.12. The molecule has 144 valence electrons. The molecule has 2 unspecified atom stereocenters. The minimum Gasteiger partial charge on any atom is -0.0629 e. The molecule has 0 saturated heterocycles. The number of benzene rings is 3. The Labute approximate surface area is 176 Å². The first-order valence-electron chi connectivity index (χ1n) is 10.0. The molecule has 0 aliphatic carbocycles. The van der Waals surface area contributed by atoms with E-state index in [1.807, 2.05) is 18.5 Å². The minimum absolute atomic E-state index is 0.272. The minimum atomic E-state index is 0.272. The molecule has 0 spiro atoms. The molecule has 0 amide bonds. The van der Waals surface area contributed by atoms with Crippen molar-refractivity contribution in [1.82, 2.24) is 0 Å². The summed E-state index contributed by atoms with van der Waals surface area (Å²) in [5.41, 5.74) is 14.1. The van der Waals surface area contributed by atoms with Crippen LogP contribution in [0, 0.1) is 48.5 Å². The highest BCUT2D eigenvalue weighted by molar-refractivity contribution is 7.27. The Morgan fingerprint density at radius 3 is 1.00 bits per heavy atom. The van der Waals surface area contributed by atoms with Gasteiger partial charge in [-0.1, -0.05) is 67.5 Å². The standard InChI is InChI=1S/C25H31BP2/c1-14-8-15(2)23(16(3)9-14)26(24-17(4)10-21(27)11-18(24)5)25-19(6)12-22(28)13-20(25)7/h8-13H,27-28H2,1-7H3/p+2. The molecule has 0 nitrogen and oxygen atoms in total. The number of rotatable bonds is 3. The summed E-state index contributed by atoms with van der Waals surface area (Å²) in [5, 5.41) is 2.74. The first-order valence-corrected chi connectivity index (χ1v) is 11.5. The zero-order chi connectivity index (χ0) is 20.7. The van der Waals surface area contributed by atoms with Crippen molar-refractivity contribution in [2.45, 2.75) is 48.5 Å². The van der Waals surface area contributed by atoms with Gasteiger partial charge in [0.25, 0.3) is 0 Å². The molecule has 0 saturated carbocycles. The average Bonchev–Trinajstić information content (AvgIpc) is 2.51. The van der Waals surface area contributed by atoms with E-state index in [4.69, 9.17) is 0 Å². The van der Waals surface area contributed by atoms with Crippen LogP contribution >= 0.6 is 18.5 Å². The van der Waals surface area contributed by atoms with Crippen molar-refractivity contribution in [3.63, 3.8) is 0 Å². The SMILES string of the molecule is Cc1cc(C)c(B(c2c(C)cc([PH3+])cc2C)c2c(C)cc([PH3+])cc2C)c(C)c1. The Morgan fingerprint density at radius 1 is 0.464 bits per heavy atom. The van der Waals surface area contributed by atoms with Crippen molar-refractivity contribution in [1.29, 1.82) is 0 Å². The van der Waals surface area contributed by atoms with E-state index in [0.717, 1.165) is 0 Å². The van der Waals surface area contributed by atoms with E-state index in [1.165, 1.54) is 65.9 Å². The first-order chi connectivity index (χ1) is 13.1. The summed E-state index contributed by atoms with van der Waals surface area (Å²) in [6.07, 6.45) is 0. The van der Waals surface area contributed by atoms with E-state index >= 15 is 0 Å². The van der Waals surface area contributed by atoms with Gasteiger partial charge in [0.1, 0.15) is 0 Å². The summed E-state index contributed by atoms with van der Waals surface area (Å²) >= 11 is 0. The van der Waals surface area contributed by atoms with Crippen molar-refractivity contribution < 1.29 is 0 Å². The fourth-order valence-corrected chi connectivity index (χ4v) is 6.34. The van der Waals surface area contributed by atoms with Gasteiger partial charge in [-0.3, -0.25) is 0 Å². The Bertz CT molecular complexity index is 860. The number of aryl methyl sites for hydroxylation is 7. The molecular weight excluding hydrogens is 373 g/mol. The van der Waals surface area contributed by atoms with Crippen LogP contribution in [0.3, 0.4) is 0 Å². The highest BCUT2D eigenvalue weighted by atomic mass is 31.0. The lowest BCUT2D eigenvalue weighted by Crippen LogP contribution is -2.57. The van der Waals surface area contributed by atoms with E-state index in [1.54, 1.807) is 0 Å². The molecule has 3 aromatic carbocycles. The summed E-state index contributed by atoms with van der Waals surface area (Å²) in [7, 11) is 3.96. The van der Waals surface area contributed by atoms with E-state index in [0.29, 0.717) is 0 Å². The average molecular weight is 406 g/mol. The predicted octanol–water partition coefficient (Wildman–Crippen LogP) is 2.83. The second-order valence-electron chi connectivity index (χ2n) is 8.53.